The highest BCUT2D eigenvalue weighted by Gasteiger charge is 2.24. The monoisotopic (exact) mass is 298 g/mol. The first-order chi connectivity index (χ1) is 10.7. The molecule has 0 aliphatic heterocycles. The Balaban J connectivity index is 2.00. The van der Waals surface area contributed by atoms with Gasteiger partial charge in [-0.2, -0.15) is 0 Å². The smallest absolute Gasteiger partial charge is 0.0499 e. The molecule has 2 N–H and O–H groups in total. The minimum Gasteiger partial charge on any atom is -0.396 e. The average molecular weight is 298 g/mol. The van der Waals surface area contributed by atoms with E-state index < -0.39 is 0 Å². The molecule has 0 fully saturated rings. The van der Waals surface area contributed by atoms with Crippen LogP contribution in [-0.4, -0.2) is 23.2 Å². The van der Waals surface area contributed by atoms with Gasteiger partial charge in [0.1, 0.15) is 0 Å². The van der Waals surface area contributed by atoms with Gasteiger partial charge in [0.05, 0.1) is 0 Å². The maximum Gasteiger partial charge on any atom is 0.0499 e. The third-order valence-corrected chi connectivity index (χ3v) is 4.61. The van der Waals surface area contributed by atoms with Crippen LogP contribution in [-0.2, 0) is 6.54 Å². The number of pyridine rings is 1. The van der Waals surface area contributed by atoms with E-state index in [4.69, 9.17) is 0 Å². The zero-order valence-corrected chi connectivity index (χ0v) is 13.5. The van der Waals surface area contributed by atoms with E-state index in [1.165, 1.54) is 16.7 Å². The second-order valence-electron chi connectivity index (χ2n) is 5.91. The Morgan fingerprint density at radius 2 is 1.77 bits per heavy atom. The molecule has 0 radical (unpaired) electrons. The summed E-state index contributed by atoms with van der Waals surface area (Å²) in [4.78, 5) is 4.06. The van der Waals surface area contributed by atoms with Gasteiger partial charge in [-0.3, -0.25) is 4.98 Å². The summed E-state index contributed by atoms with van der Waals surface area (Å²) in [5.41, 5.74) is 3.65. The van der Waals surface area contributed by atoms with Crippen molar-refractivity contribution in [3.63, 3.8) is 0 Å². The molecule has 0 aliphatic rings. The molecule has 3 heteroatoms. The second kappa shape index (κ2) is 8.06. The lowest BCUT2D eigenvalue weighted by Crippen LogP contribution is -2.36. The van der Waals surface area contributed by atoms with Gasteiger partial charge < -0.3 is 10.4 Å². The minimum atomic E-state index is 0.00269. The lowest BCUT2D eigenvalue weighted by atomic mass is 9.83. The molecule has 118 valence electrons. The number of aliphatic hydroxyl groups excluding tert-OH is 1. The second-order valence-corrected chi connectivity index (χ2v) is 5.91. The third kappa shape index (κ3) is 4.15. The Labute approximate surface area is 133 Å². The molecule has 0 aliphatic carbocycles. The largest absolute Gasteiger partial charge is 0.396 e. The number of nitrogens with zero attached hydrogens (tertiary/aromatic N) is 1. The lowest BCUT2D eigenvalue weighted by Gasteiger charge is -2.29. The molecule has 0 saturated carbocycles. The van der Waals surface area contributed by atoms with Crippen molar-refractivity contribution in [2.24, 2.45) is 5.41 Å². The van der Waals surface area contributed by atoms with Crippen LogP contribution >= 0.6 is 0 Å². The van der Waals surface area contributed by atoms with Crippen LogP contribution in [0.1, 0.15) is 32.3 Å². The molecule has 1 aromatic heterocycles. The minimum absolute atomic E-state index is 0.00269. The number of aliphatic hydroxyl groups is 1. The van der Waals surface area contributed by atoms with Crippen molar-refractivity contribution < 1.29 is 5.11 Å². The molecule has 1 aromatic carbocycles. The zero-order chi connectivity index (χ0) is 15.8. The summed E-state index contributed by atoms with van der Waals surface area (Å²) < 4.78 is 0. The summed E-state index contributed by atoms with van der Waals surface area (Å²) in [5, 5.41) is 13.1. The van der Waals surface area contributed by atoms with Crippen molar-refractivity contribution in [3.05, 3.63) is 54.4 Å². The Morgan fingerprint density at radius 3 is 2.41 bits per heavy atom. The molecule has 0 unspecified atom stereocenters. The molecule has 0 atom stereocenters. The molecule has 3 nitrogen and oxygen atoms in total. The van der Waals surface area contributed by atoms with Gasteiger partial charge in [0.15, 0.2) is 0 Å². The fourth-order valence-electron chi connectivity index (χ4n) is 2.66. The van der Waals surface area contributed by atoms with Crippen molar-refractivity contribution in [2.45, 2.75) is 33.2 Å². The van der Waals surface area contributed by atoms with E-state index in [0.29, 0.717) is 0 Å². The first-order valence-electron chi connectivity index (χ1n) is 8.04. The van der Waals surface area contributed by atoms with Gasteiger partial charge in [0.2, 0.25) is 0 Å². The number of rotatable bonds is 8. The van der Waals surface area contributed by atoms with Crippen molar-refractivity contribution in [1.82, 2.24) is 10.3 Å². The van der Waals surface area contributed by atoms with E-state index in [1.807, 2.05) is 24.5 Å². The van der Waals surface area contributed by atoms with E-state index in [9.17, 15) is 5.11 Å². The Morgan fingerprint density at radius 1 is 1.05 bits per heavy atom. The van der Waals surface area contributed by atoms with Gasteiger partial charge in [0.25, 0.3) is 0 Å². The zero-order valence-electron chi connectivity index (χ0n) is 13.5. The molecule has 2 aromatic rings. The summed E-state index contributed by atoms with van der Waals surface area (Å²) in [6, 6.07) is 12.6. The lowest BCUT2D eigenvalue weighted by molar-refractivity contribution is 0.113. The number of aromatic nitrogens is 1. The van der Waals surface area contributed by atoms with Crippen LogP contribution in [0.4, 0.5) is 0 Å². The maximum absolute atomic E-state index is 9.62. The number of hydrogen-bond acceptors (Lipinski definition) is 3. The average Bonchev–Trinajstić information content (AvgIpc) is 2.60. The normalized spacial score (nSPS) is 11.6. The van der Waals surface area contributed by atoms with Gasteiger partial charge in [-0.15, -0.1) is 0 Å². The summed E-state index contributed by atoms with van der Waals surface area (Å²) in [5.74, 6) is 0. The van der Waals surface area contributed by atoms with E-state index in [0.717, 1.165) is 25.9 Å². The Kier molecular flexibility index (Phi) is 6.10. The first kappa shape index (κ1) is 16.7. The van der Waals surface area contributed by atoms with Crippen molar-refractivity contribution in [3.8, 4) is 11.1 Å². The molecular weight excluding hydrogens is 272 g/mol. The van der Waals surface area contributed by atoms with Crippen LogP contribution in [0.2, 0.25) is 0 Å². The third-order valence-electron chi connectivity index (χ3n) is 4.61. The van der Waals surface area contributed by atoms with Crippen LogP contribution in [0.5, 0.6) is 0 Å². The van der Waals surface area contributed by atoms with Gasteiger partial charge in [-0.25, -0.2) is 0 Å². The molecular formula is C19H26N2O. The molecule has 22 heavy (non-hydrogen) atoms. The van der Waals surface area contributed by atoms with E-state index in [-0.39, 0.29) is 12.0 Å². The maximum atomic E-state index is 9.62. The van der Waals surface area contributed by atoms with Crippen molar-refractivity contribution >= 4 is 0 Å². The Bertz CT molecular complexity index is 556. The van der Waals surface area contributed by atoms with Crippen LogP contribution in [0.15, 0.2) is 48.8 Å². The molecule has 2 rings (SSSR count). The number of hydrogen-bond donors (Lipinski definition) is 2. The quantitative estimate of drug-likeness (QED) is 0.782. The standard InChI is InChI=1S/C19H26N2O/c1-3-19(4-2,15-22)14-21-13-16-6-5-7-18(12-16)17-8-10-20-11-9-17/h5-12,21-22H,3-4,13-15H2,1-2H3. The summed E-state index contributed by atoms with van der Waals surface area (Å²) >= 11 is 0. The van der Waals surface area contributed by atoms with Crippen molar-refractivity contribution in [2.75, 3.05) is 13.2 Å². The van der Waals surface area contributed by atoms with Crippen molar-refractivity contribution in [1.29, 1.82) is 0 Å². The summed E-state index contributed by atoms with van der Waals surface area (Å²) in [7, 11) is 0. The predicted octanol–water partition coefficient (Wildman–Crippen LogP) is 3.64. The van der Waals surface area contributed by atoms with Gasteiger partial charge in [0, 0.05) is 37.5 Å². The first-order valence-corrected chi connectivity index (χ1v) is 8.04. The number of benzene rings is 1. The highest BCUT2D eigenvalue weighted by Crippen LogP contribution is 2.25. The molecule has 0 spiro atoms. The molecule has 0 amide bonds. The van der Waals surface area contributed by atoms with E-state index in [2.05, 4.69) is 48.4 Å². The molecule has 0 bridgehead atoms. The topological polar surface area (TPSA) is 45.1 Å². The number of nitrogens with one attached hydrogen (secondary N) is 1. The van der Waals surface area contributed by atoms with E-state index in [1.54, 1.807) is 0 Å². The summed E-state index contributed by atoms with van der Waals surface area (Å²) in [6.07, 6.45) is 5.62. The van der Waals surface area contributed by atoms with Gasteiger partial charge in [-0.1, -0.05) is 32.0 Å². The molecule has 0 saturated heterocycles. The highest BCUT2D eigenvalue weighted by atomic mass is 16.3. The molecule has 1 heterocycles. The van der Waals surface area contributed by atoms with Crippen LogP contribution in [0, 0.1) is 5.41 Å². The highest BCUT2D eigenvalue weighted by molar-refractivity contribution is 5.63. The fourth-order valence-corrected chi connectivity index (χ4v) is 2.66. The van der Waals surface area contributed by atoms with Crippen LogP contribution < -0.4 is 5.32 Å². The van der Waals surface area contributed by atoms with Gasteiger partial charge in [-0.05, 0) is 47.7 Å². The van der Waals surface area contributed by atoms with Gasteiger partial charge >= 0.3 is 0 Å². The van der Waals surface area contributed by atoms with E-state index >= 15 is 0 Å². The Hall–Kier alpha value is -1.71. The summed E-state index contributed by atoms with van der Waals surface area (Å²) in [6.45, 7) is 6.19. The predicted molar refractivity (Wildman–Crippen MR) is 91.5 cm³/mol. The fraction of sp³-hybridized carbons (Fsp3) is 0.421. The SMILES string of the molecule is CCC(CC)(CO)CNCc1cccc(-c2ccncc2)c1. The van der Waals surface area contributed by atoms with Crippen LogP contribution in [0.3, 0.4) is 0 Å². The van der Waals surface area contributed by atoms with Crippen LogP contribution in [0.25, 0.3) is 11.1 Å².